The third-order valence-electron chi connectivity index (χ3n) is 4.03. The molecule has 0 aliphatic heterocycles. The fourth-order valence-electron chi connectivity index (χ4n) is 2.79. The molecule has 3 rings (SSSR count). The number of rotatable bonds is 5. The normalized spacial score (nSPS) is 11.2. The summed E-state index contributed by atoms with van der Waals surface area (Å²) in [6.07, 6.45) is 0. The lowest BCUT2D eigenvalue weighted by Crippen LogP contribution is -2.26. The Hall–Kier alpha value is -2.03. The maximum atomic E-state index is 14.4. The number of ether oxygens (including phenoxy) is 2. The van der Waals surface area contributed by atoms with E-state index in [0.717, 1.165) is 15.1 Å². The zero-order valence-electron chi connectivity index (χ0n) is 14.0. The molecule has 25 heavy (non-hydrogen) atoms. The fraction of sp³-hybridized carbons (Fsp3) is 0.100. The van der Waals surface area contributed by atoms with E-state index in [2.05, 4.69) is 15.9 Å². The van der Waals surface area contributed by atoms with E-state index in [4.69, 9.17) is 9.47 Å². The summed E-state index contributed by atoms with van der Waals surface area (Å²) < 4.78 is 26.1. The smallest absolute Gasteiger partial charge is 0.174 e. The van der Waals surface area contributed by atoms with Crippen LogP contribution < -0.4 is 25.4 Å². The van der Waals surface area contributed by atoms with E-state index in [1.165, 1.54) is 0 Å². The van der Waals surface area contributed by atoms with Crippen LogP contribution in [0.3, 0.4) is 0 Å². The summed E-state index contributed by atoms with van der Waals surface area (Å²) >= 11 is 3.51. The van der Waals surface area contributed by atoms with Crippen molar-refractivity contribution >= 4 is 39.0 Å². The average molecular weight is 417 g/mol. The first-order valence-electron chi connectivity index (χ1n) is 7.74. The Labute approximate surface area is 156 Å². The molecular weight excluding hydrogens is 399 g/mol. The molecule has 0 aliphatic rings. The molecular formula is C20H18BrO3P. The summed E-state index contributed by atoms with van der Waals surface area (Å²) in [7, 11) is 0.0680. The first-order valence-corrected chi connectivity index (χ1v) is 10.2. The van der Waals surface area contributed by atoms with Crippen molar-refractivity contribution in [3.8, 4) is 11.5 Å². The minimum atomic E-state index is -3.10. The standard InChI is InChI=1S/C20H18BrO3P/c1-23-18-14-19(24-2)20(13-17(18)21)25(22,15-9-5-3-6-10-15)16-11-7-4-8-12-16/h3-14H,1-2H3. The van der Waals surface area contributed by atoms with Crippen LogP contribution in [-0.4, -0.2) is 14.2 Å². The van der Waals surface area contributed by atoms with E-state index in [1.54, 1.807) is 20.3 Å². The van der Waals surface area contributed by atoms with Crippen LogP contribution in [0.15, 0.2) is 77.3 Å². The molecule has 0 bridgehead atoms. The van der Waals surface area contributed by atoms with Gasteiger partial charge in [0.2, 0.25) is 0 Å². The van der Waals surface area contributed by atoms with E-state index in [1.807, 2.05) is 66.7 Å². The highest BCUT2D eigenvalue weighted by Crippen LogP contribution is 2.47. The lowest BCUT2D eigenvalue weighted by atomic mass is 10.3. The first kappa shape index (κ1) is 17.8. The molecule has 3 aromatic carbocycles. The van der Waals surface area contributed by atoms with Crippen LogP contribution >= 0.6 is 23.1 Å². The van der Waals surface area contributed by atoms with Crippen molar-refractivity contribution < 1.29 is 14.0 Å². The molecule has 128 valence electrons. The van der Waals surface area contributed by atoms with Crippen molar-refractivity contribution in [2.75, 3.05) is 14.2 Å². The number of halogens is 1. The SMILES string of the molecule is COc1cc(OC)c(P(=O)(c2ccccc2)c2ccccc2)cc1Br. The Morgan fingerprint density at radius 3 is 1.68 bits per heavy atom. The van der Waals surface area contributed by atoms with Gasteiger partial charge in [0.1, 0.15) is 11.5 Å². The minimum absolute atomic E-state index is 0.538. The largest absolute Gasteiger partial charge is 0.496 e. The zero-order chi connectivity index (χ0) is 17.9. The van der Waals surface area contributed by atoms with Crippen molar-refractivity contribution in [3.63, 3.8) is 0 Å². The summed E-state index contributed by atoms with van der Waals surface area (Å²) in [6.45, 7) is 0. The Morgan fingerprint density at radius 1 is 0.760 bits per heavy atom. The highest BCUT2D eigenvalue weighted by Gasteiger charge is 2.33. The van der Waals surface area contributed by atoms with Crippen LogP contribution in [0.4, 0.5) is 0 Å². The molecule has 5 heteroatoms. The fourth-order valence-corrected chi connectivity index (χ4v) is 6.29. The van der Waals surface area contributed by atoms with Crippen molar-refractivity contribution in [2.24, 2.45) is 0 Å². The second-order valence-corrected chi connectivity index (χ2v) is 9.03. The second kappa shape index (κ2) is 7.47. The third-order valence-corrected chi connectivity index (χ3v) is 7.73. The van der Waals surface area contributed by atoms with Gasteiger partial charge in [0.25, 0.3) is 0 Å². The summed E-state index contributed by atoms with van der Waals surface area (Å²) in [5, 5.41) is 2.16. The molecule has 0 unspecified atom stereocenters. The summed E-state index contributed by atoms with van der Waals surface area (Å²) in [5.74, 6) is 1.17. The Morgan fingerprint density at radius 2 is 1.24 bits per heavy atom. The average Bonchev–Trinajstić information content (AvgIpc) is 2.68. The van der Waals surface area contributed by atoms with E-state index >= 15 is 0 Å². The van der Waals surface area contributed by atoms with Crippen LogP contribution in [-0.2, 0) is 4.57 Å². The van der Waals surface area contributed by atoms with Gasteiger partial charge in [-0.2, -0.15) is 0 Å². The van der Waals surface area contributed by atoms with Gasteiger partial charge < -0.3 is 14.0 Å². The second-order valence-electron chi connectivity index (χ2n) is 5.44. The number of benzene rings is 3. The molecule has 0 saturated carbocycles. The van der Waals surface area contributed by atoms with Gasteiger partial charge in [0.15, 0.2) is 7.14 Å². The molecule has 3 aromatic rings. The Bertz CT molecular complexity index is 867. The number of hydrogen-bond donors (Lipinski definition) is 0. The molecule has 0 heterocycles. The molecule has 0 radical (unpaired) electrons. The summed E-state index contributed by atoms with van der Waals surface area (Å²) in [6, 6.07) is 22.6. The van der Waals surface area contributed by atoms with E-state index < -0.39 is 7.14 Å². The van der Waals surface area contributed by atoms with Gasteiger partial charge in [0, 0.05) is 16.7 Å². The predicted octanol–water partition coefficient (Wildman–Crippen LogP) is 4.11. The van der Waals surface area contributed by atoms with Gasteiger partial charge in [-0.3, -0.25) is 0 Å². The monoisotopic (exact) mass is 416 g/mol. The minimum Gasteiger partial charge on any atom is -0.496 e. The van der Waals surface area contributed by atoms with Gasteiger partial charge in [-0.05, 0) is 22.0 Å². The maximum absolute atomic E-state index is 14.4. The molecule has 0 fully saturated rings. The van der Waals surface area contributed by atoms with Crippen LogP contribution in [0, 0.1) is 0 Å². The van der Waals surface area contributed by atoms with Crippen LogP contribution in [0.25, 0.3) is 0 Å². The van der Waals surface area contributed by atoms with Gasteiger partial charge in [0.05, 0.1) is 24.0 Å². The molecule has 3 nitrogen and oxygen atoms in total. The Balaban J connectivity index is 2.35. The summed E-state index contributed by atoms with van der Waals surface area (Å²) in [5.41, 5.74) is 0. The van der Waals surface area contributed by atoms with Crippen LogP contribution in [0.2, 0.25) is 0 Å². The molecule has 0 aromatic heterocycles. The van der Waals surface area contributed by atoms with E-state index in [-0.39, 0.29) is 0 Å². The highest BCUT2D eigenvalue weighted by molar-refractivity contribution is 9.10. The van der Waals surface area contributed by atoms with Gasteiger partial charge in [-0.15, -0.1) is 0 Å². The molecule has 0 N–H and O–H groups in total. The number of methoxy groups -OCH3 is 2. The Kier molecular flexibility index (Phi) is 5.31. The first-order chi connectivity index (χ1) is 12.1. The van der Waals surface area contributed by atoms with Crippen molar-refractivity contribution in [1.82, 2.24) is 0 Å². The predicted molar refractivity (Wildman–Crippen MR) is 107 cm³/mol. The van der Waals surface area contributed by atoms with Crippen molar-refractivity contribution in [3.05, 3.63) is 77.3 Å². The lowest BCUT2D eigenvalue weighted by molar-refractivity contribution is 0.394. The van der Waals surface area contributed by atoms with Crippen LogP contribution in [0.5, 0.6) is 11.5 Å². The maximum Gasteiger partial charge on any atom is 0.174 e. The molecule has 0 spiro atoms. The van der Waals surface area contributed by atoms with Crippen LogP contribution in [0.1, 0.15) is 0 Å². The van der Waals surface area contributed by atoms with Gasteiger partial charge in [-0.1, -0.05) is 60.7 Å². The molecule has 0 aliphatic carbocycles. The molecule has 0 saturated heterocycles. The quantitative estimate of drug-likeness (QED) is 0.587. The topological polar surface area (TPSA) is 35.5 Å². The van der Waals surface area contributed by atoms with E-state index in [0.29, 0.717) is 16.8 Å². The lowest BCUT2D eigenvalue weighted by Gasteiger charge is -2.23. The van der Waals surface area contributed by atoms with E-state index in [9.17, 15) is 4.57 Å². The van der Waals surface area contributed by atoms with Crippen molar-refractivity contribution in [1.29, 1.82) is 0 Å². The number of hydrogen-bond acceptors (Lipinski definition) is 3. The third kappa shape index (κ3) is 3.24. The summed E-state index contributed by atoms with van der Waals surface area (Å²) in [4.78, 5) is 0. The molecule has 0 atom stereocenters. The molecule has 0 amide bonds. The van der Waals surface area contributed by atoms with Gasteiger partial charge in [-0.25, -0.2) is 0 Å². The van der Waals surface area contributed by atoms with Crippen molar-refractivity contribution in [2.45, 2.75) is 0 Å². The zero-order valence-corrected chi connectivity index (χ0v) is 16.5. The highest BCUT2D eigenvalue weighted by atomic mass is 79.9. The van der Waals surface area contributed by atoms with Gasteiger partial charge >= 0.3 is 0 Å².